The van der Waals surface area contributed by atoms with Crippen LogP contribution in [0.15, 0.2) is 83.7 Å². The van der Waals surface area contributed by atoms with Crippen molar-refractivity contribution < 1.29 is 4.74 Å². The van der Waals surface area contributed by atoms with Crippen molar-refractivity contribution >= 4 is 22.4 Å². The van der Waals surface area contributed by atoms with Gasteiger partial charge in [-0.3, -0.25) is 9.47 Å². The zero-order chi connectivity index (χ0) is 22.4. The smallest absolute Gasteiger partial charge is 0.326 e. The van der Waals surface area contributed by atoms with E-state index in [1.807, 2.05) is 41.0 Å². The van der Waals surface area contributed by atoms with Crippen molar-refractivity contribution in [2.45, 2.75) is 31.5 Å². The third-order valence-electron chi connectivity index (χ3n) is 7.13. The maximum Gasteiger partial charge on any atom is 0.326 e. The zero-order valence-electron chi connectivity index (χ0n) is 18.8. The van der Waals surface area contributed by atoms with Crippen LogP contribution in [0.5, 0.6) is 5.75 Å². The number of likely N-dealkylation sites (tertiary alicyclic amines) is 1. The quantitative estimate of drug-likeness (QED) is 0.492. The van der Waals surface area contributed by atoms with Crippen LogP contribution in [0.2, 0.25) is 0 Å². The lowest BCUT2D eigenvalue weighted by molar-refractivity contribution is -0.0819. The first-order valence-corrected chi connectivity index (χ1v) is 11.7. The standard InChI is InChI=1S/C27H28N4O2/c1-27(19-30(20-9-3-2-4-10-20)24-13-7-8-14-25(24)33-27)29-17-15-21(16-18-29)31-23-12-6-5-11-22(23)28-26(31)32/h2-14,21H,15-19H2,1H3,(H,28,32). The van der Waals surface area contributed by atoms with Gasteiger partial charge in [0.25, 0.3) is 0 Å². The lowest BCUT2D eigenvalue weighted by Gasteiger charge is -2.50. The molecule has 6 nitrogen and oxygen atoms in total. The van der Waals surface area contributed by atoms with E-state index in [9.17, 15) is 4.79 Å². The van der Waals surface area contributed by atoms with Crippen LogP contribution in [0.1, 0.15) is 25.8 Å². The van der Waals surface area contributed by atoms with Crippen LogP contribution < -0.4 is 15.3 Å². The molecule has 1 aromatic heterocycles. The van der Waals surface area contributed by atoms with Gasteiger partial charge in [-0.05, 0) is 56.2 Å². The molecule has 0 saturated carbocycles. The molecule has 1 fully saturated rings. The lowest BCUT2D eigenvalue weighted by atomic mass is 9.99. The number of fused-ring (bicyclic) bond motifs is 2. The molecule has 0 aliphatic carbocycles. The maximum atomic E-state index is 12.7. The summed E-state index contributed by atoms with van der Waals surface area (Å²) in [5, 5.41) is 0. The van der Waals surface area contributed by atoms with Gasteiger partial charge in [-0.2, -0.15) is 0 Å². The first kappa shape index (κ1) is 20.1. The molecule has 2 aliphatic rings. The maximum absolute atomic E-state index is 12.7. The van der Waals surface area contributed by atoms with E-state index in [4.69, 9.17) is 4.74 Å². The first-order chi connectivity index (χ1) is 16.1. The van der Waals surface area contributed by atoms with Gasteiger partial charge < -0.3 is 14.6 Å². The third kappa shape index (κ3) is 3.42. The van der Waals surface area contributed by atoms with E-state index in [1.54, 1.807) is 0 Å². The summed E-state index contributed by atoms with van der Waals surface area (Å²) in [6, 6.07) is 26.9. The summed E-state index contributed by atoms with van der Waals surface area (Å²) in [6.45, 7) is 4.68. The number of hydrogen-bond donors (Lipinski definition) is 1. The Balaban J connectivity index is 1.27. The molecule has 6 rings (SSSR count). The summed E-state index contributed by atoms with van der Waals surface area (Å²) in [6.07, 6.45) is 1.82. The molecular weight excluding hydrogens is 412 g/mol. The number of benzene rings is 3. The summed E-state index contributed by atoms with van der Waals surface area (Å²) in [4.78, 5) is 20.5. The molecule has 1 atom stereocenters. The normalized spacial score (nSPS) is 21.7. The predicted octanol–water partition coefficient (Wildman–Crippen LogP) is 4.91. The molecule has 1 N–H and O–H groups in total. The fraction of sp³-hybridized carbons (Fsp3) is 0.296. The Morgan fingerprint density at radius 2 is 1.61 bits per heavy atom. The number of rotatable bonds is 3. The van der Waals surface area contributed by atoms with Crippen molar-refractivity contribution in [1.29, 1.82) is 0 Å². The highest BCUT2D eigenvalue weighted by Crippen LogP contribution is 2.43. The number of aromatic amines is 1. The van der Waals surface area contributed by atoms with Crippen LogP contribution in [0.4, 0.5) is 11.4 Å². The van der Waals surface area contributed by atoms with Crippen molar-refractivity contribution in [3.8, 4) is 5.75 Å². The molecule has 1 saturated heterocycles. The van der Waals surface area contributed by atoms with Gasteiger partial charge in [0, 0.05) is 24.8 Å². The monoisotopic (exact) mass is 440 g/mol. The Kier molecular flexibility index (Phi) is 4.76. The summed E-state index contributed by atoms with van der Waals surface area (Å²) in [7, 11) is 0. The highest BCUT2D eigenvalue weighted by atomic mass is 16.5. The number of anilines is 2. The number of piperidine rings is 1. The number of nitrogens with one attached hydrogen (secondary N) is 1. The van der Waals surface area contributed by atoms with E-state index < -0.39 is 5.72 Å². The molecule has 3 heterocycles. The van der Waals surface area contributed by atoms with Gasteiger partial charge in [-0.1, -0.05) is 42.5 Å². The molecule has 168 valence electrons. The van der Waals surface area contributed by atoms with Gasteiger partial charge >= 0.3 is 5.69 Å². The van der Waals surface area contributed by atoms with Crippen molar-refractivity contribution in [3.63, 3.8) is 0 Å². The molecule has 2 aliphatic heterocycles. The minimum absolute atomic E-state index is 0.0149. The van der Waals surface area contributed by atoms with Crippen LogP contribution >= 0.6 is 0 Å². The molecule has 0 bridgehead atoms. The summed E-state index contributed by atoms with van der Waals surface area (Å²) >= 11 is 0. The third-order valence-corrected chi connectivity index (χ3v) is 7.13. The van der Waals surface area contributed by atoms with Gasteiger partial charge in [0.05, 0.1) is 23.3 Å². The zero-order valence-corrected chi connectivity index (χ0v) is 18.8. The predicted molar refractivity (Wildman–Crippen MR) is 131 cm³/mol. The largest absolute Gasteiger partial charge is 0.469 e. The second-order valence-corrected chi connectivity index (χ2v) is 9.20. The highest BCUT2D eigenvalue weighted by molar-refractivity contribution is 5.75. The van der Waals surface area contributed by atoms with Crippen molar-refractivity contribution in [2.75, 3.05) is 24.5 Å². The molecular formula is C27H28N4O2. The second kappa shape index (κ2) is 7.81. The molecule has 1 unspecified atom stereocenters. The van der Waals surface area contributed by atoms with E-state index in [1.165, 1.54) is 5.69 Å². The Hall–Kier alpha value is -3.51. The van der Waals surface area contributed by atoms with Crippen LogP contribution in [-0.4, -0.2) is 39.8 Å². The van der Waals surface area contributed by atoms with Crippen LogP contribution in [-0.2, 0) is 0 Å². The summed E-state index contributed by atoms with van der Waals surface area (Å²) in [5.74, 6) is 0.907. The van der Waals surface area contributed by atoms with Gasteiger partial charge in [-0.15, -0.1) is 0 Å². The number of aromatic nitrogens is 2. The van der Waals surface area contributed by atoms with E-state index in [-0.39, 0.29) is 11.7 Å². The minimum atomic E-state index is -0.458. The Bertz CT molecular complexity index is 1340. The van der Waals surface area contributed by atoms with Gasteiger partial charge in [0.1, 0.15) is 5.75 Å². The number of hydrogen-bond acceptors (Lipinski definition) is 4. The summed E-state index contributed by atoms with van der Waals surface area (Å²) < 4.78 is 8.59. The van der Waals surface area contributed by atoms with Crippen molar-refractivity contribution in [1.82, 2.24) is 14.5 Å². The van der Waals surface area contributed by atoms with Gasteiger partial charge in [-0.25, -0.2) is 4.79 Å². The van der Waals surface area contributed by atoms with E-state index in [0.29, 0.717) is 0 Å². The number of H-pyrrole nitrogens is 1. The molecule has 0 radical (unpaired) electrons. The van der Waals surface area contributed by atoms with E-state index >= 15 is 0 Å². The van der Waals surface area contributed by atoms with Crippen LogP contribution in [0.3, 0.4) is 0 Å². The van der Waals surface area contributed by atoms with Gasteiger partial charge in [0.15, 0.2) is 5.72 Å². The fourth-order valence-electron chi connectivity index (χ4n) is 5.45. The Morgan fingerprint density at radius 3 is 2.42 bits per heavy atom. The summed E-state index contributed by atoms with van der Waals surface area (Å²) in [5.41, 5.74) is 3.69. The molecule has 33 heavy (non-hydrogen) atoms. The van der Waals surface area contributed by atoms with E-state index in [0.717, 1.165) is 54.9 Å². The number of nitrogens with zero attached hydrogens (tertiary/aromatic N) is 3. The van der Waals surface area contributed by atoms with Crippen LogP contribution in [0.25, 0.3) is 11.0 Å². The number of ether oxygens (including phenoxy) is 1. The SMILES string of the molecule is CC1(N2CCC(n3c(=O)[nH]c4ccccc43)CC2)CN(c2ccccc2)c2ccccc2O1. The average molecular weight is 441 g/mol. The molecule has 0 spiro atoms. The van der Waals surface area contributed by atoms with Crippen LogP contribution in [0, 0.1) is 0 Å². The fourth-order valence-corrected chi connectivity index (χ4v) is 5.45. The number of para-hydroxylation sites is 5. The van der Waals surface area contributed by atoms with Gasteiger partial charge in [0.2, 0.25) is 0 Å². The van der Waals surface area contributed by atoms with E-state index in [2.05, 4.69) is 64.2 Å². The molecule has 3 aromatic carbocycles. The first-order valence-electron chi connectivity index (χ1n) is 11.7. The number of imidazole rings is 1. The molecule has 4 aromatic rings. The van der Waals surface area contributed by atoms with Crippen molar-refractivity contribution in [2.24, 2.45) is 0 Å². The Morgan fingerprint density at radius 1 is 0.909 bits per heavy atom. The topological polar surface area (TPSA) is 53.5 Å². The second-order valence-electron chi connectivity index (χ2n) is 9.20. The highest BCUT2D eigenvalue weighted by Gasteiger charge is 2.42. The molecule has 0 amide bonds. The molecule has 6 heteroatoms. The minimum Gasteiger partial charge on any atom is -0.469 e. The lowest BCUT2D eigenvalue weighted by Crippen LogP contribution is -2.61. The Labute approximate surface area is 193 Å². The average Bonchev–Trinajstić information content (AvgIpc) is 3.20. The van der Waals surface area contributed by atoms with Crippen molar-refractivity contribution in [3.05, 3.63) is 89.3 Å².